The smallest absolute Gasteiger partial charge is 0.545 e. The average molecular weight is 240 g/mol. The van der Waals surface area contributed by atoms with E-state index in [1.165, 1.54) is 0 Å². The number of hydrogen-bond donors (Lipinski definition) is 1. The van der Waals surface area contributed by atoms with Gasteiger partial charge in [0.25, 0.3) is 0 Å². The molecule has 0 saturated carbocycles. The van der Waals surface area contributed by atoms with Gasteiger partial charge in [0.05, 0.1) is 5.97 Å². The van der Waals surface area contributed by atoms with Gasteiger partial charge in [-0.25, -0.2) is 0 Å². The van der Waals surface area contributed by atoms with Crippen molar-refractivity contribution in [3.05, 3.63) is 47.0 Å². The van der Waals surface area contributed by atoms with Crippen molar-refractivity contribution < 1.29 is 44.6 Å². The van der Waals surface area contributed by atoms with Gasteiger partial charge in [-0.2, -0.15) is 0 Å². The Labute approximate surface area is 122 Å². The molecule has 0 amide bonds. The second kappa shape index (κ2) is 6.36. The maximum atomic E-state index is 10.5. The van der Waals surface area contributed by atoms with Gasteiger partial charge in [0.15, 0.2) is 0 Å². The molecule has 1 aromatic rings. The van der Waals surface area contributed by atoms with Crippen LogP contribution in [0.2, 0.25) is 0 Å². The van der Waals surface area contributed by atoms with Crippen LogP contribution in [-0.4, -0.2) is 11.1 Å². The standard InChI is InChI=1S/C13H14O3.Na/c14-12(15)8-10-6-3-5-9-4-1-2-7-11(9)13(10)16;/h1-2,4,7-8,13,16H,3,5-6H2,(H,14,15);/q;+1/p-1/b10-8-;. The molecule has 1 aliphatic rings. The van der Waals surface area contributed by atoms with Gasteiger partial charge < -0.3 is 15.0 Å². The van der Waals surface area contributed by atoms with Crippen molar-refractivity contribution in [1.82, 2.24) is 0 Å². The summed E-state index contributed by atoms with van der Waals surface area (Å²) in [5, 5.41) is 20.6. The van der Waals surface area contributed by atoms with E-state index >= 15 is 0 Å². The first-order valence-electron chi connectivity index (χ1n) is 5.36. The largest absolute Gasteiger partial charge is 1.00 e. The maximum absolute atomic E-state index is 10.5. The zero-order valence-corrected chi connectivity index (χ0v) is 11.8. The fraction of sp³-hybridized carbons (Fsp3) is 0.308. The predicted molar refractivity (Wildman–Crippen MR) is 57.4 cm³/mol. The van der Waals surface area contributed by atoms with Crippen molar-refractivity contribution in [2.75, 3.05) is 0 Å². The summed E-state index contributed by atoms with van der Waals surface area (Å²) in [5.74, 6) is -1.24. The third-order valence-electron chi connectivity index (χ3n) is 2.92. The van der Waals surface area contributed by atoms with Gasteiger partial charge in [-0.1, -0.05) is 24.3 Å². The summed E-state index contributed by atoms with van der Waals surface area (Å²) in [6.07, 6.45) is 2.54. The molecule has 0 fully saturated rings. The Balaban J connectivity index is 0.00000144. The molecule has 0 saturated heterocycles. The van der Waals surface area contributed by atoms with E-state index in [0.717, 1.165) is 30.0 Å². The number of carboxylic acids is 1. The minimum absolute atomic E-state index is 0. The summed E-state index contributed by atoms with van der Waals surface area (Å²) in [7, 11) is 0. The second-order valence-electron chi connectivity index (χ2n) is 3.99. The number of carboxylic acid groups (broad SMARTS) is 1. The van der Waals surface area contributed by atoms with Crippen LogP contribution >= 0.6 is 0 Å². The molecule has 0 aromatic heterocycles. The summed E-state index contributed by atoms with van der Waals surface area (Å²) in [6.45, 7) is 0. The molecule has 84 valence electrons. The molecular weight excluding hydrogens is 227 g/mol. The Kier molecular flexibility index (Phi) is 5.40. The molecule has 4 heteroatoms. The van der Waals surface area contributed by atoms with Crippen molar-refractivity contribution >= 4 is 5.97 Å². The predicted octanol–water partition coefficient (Wildman–Crippen LogP) is -2.26. The van der Waals surface area contributed by atoms with E-state index in [2.05, 4.69) is 0 Å². The van der Waals surface area contributed by atoms with Crippen LogP contribution in [0.4, 0.5) is 0 Å². The number of fused-ring (bicyclic) bond motifs is 1. The van der Waals surface area contributed by atoms with Crippen LogP contribution in [0.5, 0.6) is 0 Å². The number of aliphatic hydroxyl groups is 1. The van der Waals surface area contributed by atoms with Gasteiger partial charge in [-0.3, -0.25) is 0 Å². The molecule has 0 spiro atoms. The fourth-order valence-electron chi connectivity index (χ4n) is 2.15. The van der Waals surface area contributed by atoms with Crippen molar-refractivity contribution in [1.29, 1.82) is 0 Å². The summed E-state index contributed by atoms with van der Waals surface area (Å²) in [6, 6.07) is 7.60. The summed E-state index contributed by atoms with van der Waals surface area (Å²) < 4.78 is 0. The third-order valence-corrected chi connectivity index (χ3v) is 2.92. The Bertz CT molecular complexity index is 440. The second-order valence-corrected chi connectivity index (χ2v) is 3.99. The average Bonchev–Trinajstić information content (AvgIpc) is 2.40. The topological polar surface area (TPSA) is 60.4 Å². The first-order valence-corrected chi connectivity index (χ1v) is 5.36. The number of carbonyl (C=O) groups excluding carboxylic acids is 1. The number of hydrogen-bond acceptors (Lipinski definition) is 3. The number of carbonyl (C=O) groups is 1. The van der Waals surface area contributed by atoms with Crippen LogP contribution in [0.15, 0.2) is 35.9 Å². The van der Waals surface area contributed by atoms with Crippen LogP contribution < -0.4 is 34.7 Å². The summed E-state index contributed by atoms with van der Waals surface area (Å²) in [4.78, 5) is 10.5. The number of aliphatic hydroxyl groups excluding tert-OH is 1. The Morgan fingerprint density at radius 3 is 2.76 bits per heavy atom. The molecule has 2 rings (SSSR count). The van der Waals surface area contributed by atoms with Crippen molar-refractivity contribution in [2.45, 2.75) is 25.4 Å². The zero-order chi connectivity index (χ0) is 11.5. The molecule has 0 radical (unpaired) electrons. The van der Waals surface area contributed by atoms with Crippen molar-refractivity contribution in [3.8, 4) is 0 Å². The molecule has 3 nitrogen and oxygen atoms in total. The van der Waals surface area contributed by atoms with Crippen LogP contribution in [0.3, 0.4) is 0 Å². The van der Waals surface area contributed by atoms with Gasteiger partial charge >= 0.3 is 29.6 Å². The van der Waals surface area contributed by atoms with Gasteiger partial charge in [0.2, 0.25) is 0 Å². The molecule has 17 heavy (non-hydrogen) atoms. The molecule has 1 atom stereocenters. The molecule has 1 unspecified atom stereocenters. The zero-order valence-electron chi connectivity index (χ0n) is 9.85. The fourth-order valence-corrected chi connectivity index (χ4v) is 2.15. The van der Waals surface area contributed by atoms with E-state index in [1.54, 1.807) is 0 Å². The number of benzene rings is 1. The van der Waals surface area contributed by atoms with Crippen LogP contribution in [0.25, 0.3) is 0 Å². The van der Waals surface area contributed by atoms with E-state index in [-0.39, 0.29) is 29.6 Å². The number of aliphatic carboxylic acids is 1. The normalized spacial score (nSPS) is 21.2. The van der Waals surface area contributed by atoms with Crippen LogP contribution in [-0.2, 0) is 11.2 Å². The number of aryl methyl sites for hydroxylation is 1. The minimum Gasteiger partial charge on any atom is -0.545 e. The SMILES string of the molecule is O=C([O-])/C=C1/CCCc2ccccc2C1O.[Na+]. The molecule has 0 heterocycles. The first-order chi connectivity index (χ1) is 7.68. The van der Waals surface area contributed by atoms with Crippen LogP contribution in [0, 0.1) is 0 Å². The third kappa shape index (κ3) is 3.42. The minimum atomic E-state index is -1.24. The quantitative estimate of drug-likeness (QED) is 0.342. The van der Waals surface area contributed by atoms with E-state index < -0.39 is 12.1 Å². The molecule has 0 bridgehead atoms. The van der Waals surface area contributed by atoms with E-state index in [0.29, 0.717) is 12.0 Å². The van der Waals surface area contributed by atoms with Gasteiger partial charge in [0, 0.05) is 0 Å². The first kappa shape index (κ1) is 14.5. The molecule has 1 N–H and O–H groups in total. The van der Waals surface area contributed by atoms with Gasteiger partial charge in [-0.05, 0) is 42.0 Å². The summed E-state index contributed by atoms with van der Waals surface area (Å²) in [5.41, 5.74) is 2.44. The van der Waals surface area contributed by atoms with Crippen molar-refractivity contribution in [2.24, 2.45) is 0 Å². The van der Waals surface area contributed by atoms with Gasteiger partial charge in [0.1, 0.15) is 6.10 Å². The van der Waals surface area contributed by atoms with Crippen molar-refractivity contribution in [3.63, 3.8) is 0 Å². The molecular formula is C13H13NaO3. The molecule has 0 aliphatic heterocycles. The van der Waals surface area contributed by atoms with E-state index in [1.807, 2.05) is 24.3 Å². The monoisotopic (exact) mass is 240 g/mol. The summed E-state index contributed by atoms with van der Waals surface area (Å²) >= 11 is 0. The Hall–Kier alpha value is -0.610. The number of rotatable bonds is 1. The van der Waals surface area contributed by atoms with Crippen LogP contribution in [0.1, 0.15) is 30.1 Å². The maximum Gasteiger partial charge on any atom is 1.00 e. The molecule has 1 aliphatic carbocycles. The van der Waals surface area contributed by atoms with E-state index in [4.69, 9.17) is 0 Å². The van der Waals surface area contributed by atoms with Gasteiger partial charge in [-0.15, -0.1) is 0 Å². The Morgan fingerprint density at radius 1 is 1.35 bits per heavy atom. The van der Waals surface area contributed by atoms with E-state index in [9.17, 15) is 15.0 Å². The Morgan fingerprint density at radius 2 is 2.06 bits per heavy atom. The molecule has 1 aromatic carbocycles.